The Morgan fingerprint density at radius 2 is 2.06 bits per heavy atom. The number of ether oxygens (including phenoxy) is 1. The third-order valence-corrected chi connectivity index (χ3v) is 3.02. The molecule has 0 radical (unpaired) electrons. The number of methoxy groups -OCH3 is 1. The van der Waals surface area contributed by atoms with Gasteiger partial charge in [0, 0.05) is 24.5 Å². The lowest BCUT2D eigenvalue weighted by molar-refractivity contribution is 0.177. The molecule has 0 saturated heterocycles. The number of anilines is 1. The van der Waals surface area contributed by atoms with Crippen LogP contribution in [0.4, 0.5) is 5.82 Å². The van der Waals surface area contributed by atoms with Gasteiger partial charge < -0.3 is 10.1 Å². The van der Waals surface area contributed by atoms with Gasteiger partial charge in [0.2, 0.25) is 0 Å². The van der Waals surface area contributed by atoms with Crippen LogP contribution in [0.1, 0.15) is 39.9 Å². The Kier molecular flexibility index (Phi) is 5.88. The molecule has 0 aliphatic carbocycles. The predicted octanol–water partition coefficient (Wildman–Crippen LogP) is 3.34. The molecule has 4 nitrogen and oxygen atoms in total. The molecule has 0 fully saturated rings. The Morgan fingerprint density at radius 3 is 2.61 bits per heavy atom. The Morgan fingerprint density at radius 1 is 1.33 bits per heavy atom. The Bertz CT molecular complexity index is 377. The zero-order chi connectivity index (χ0) is 13.6. The maximum absolute atomic E-state index is 5.11. The molecule has 1 heterocycles. The third-order valence-electron chi connectivity index (χ3n) is 1.99. The van der Waals surface area contributed by atoms with Crippen molar-refractivity contribution in [2.75, 3.05) is 19.0 Å². The predicted molar refractivity (Wildman–Crippen MR) is 77.1 cm³/mol. The minimum Gasteiger partial charge on any atom is -0.377 e. The highest BCUT2D eigenvalue weighted by Gasteiger charge is 2.15. The van der Waals surface area contributed by atoms with Crippen molar-refractivity contribution in [3.63, 3.8) is 0 Å². The third kappa shape index (κ3) is 5.69. The van der Waals surface area contributed by atoms with E-state index in [0.717, 1.165) is 29.6 Å². The average Bonchev–Trinajstić information content (AvgIpc) is 2.24. The van der Waals surface area contributed by atoms with E-state index in [0.29, 0.717) is 6.61 Å². The zero-order valence-electron chi connectivity index (χ0n) is 11.9. The van der Waals surface area contributed by atoms with Crippen molar-refractivity contribution in [1.82, 2.24) is 9.97 Å². The second kappa shape index (κ2) is 6.95. The summed E-state index contributed by atoms with van der Waals surface area (Å²) in [7, 11) is 1.66. The van der Waals surface area contributed by atoms with E-state index in [1.807, 2.05) is 6.07 Å². The highest BCUT2D eigenvalue weighted by Crippen LogP contribution is 2.31. The Balaban J connectivity index is 2.90. The van der Waals surface area contributed by atoms with E-state index in [1.165, 1.54) is 0 Å². The summed E-state index contributed by atoms with van der Waals surface area (Å²) in [6.45, 7) is 10.0. The quantitative estimate of drug-likeness (QED) is 0.634. The van der Waals surface area contributed by atoms with Crippen molar-refractivity contribution in [2.24, 2.45) is 0 Å². The van der Waals surface area contributed by atoms with Crippen molar-refractivity contribution in [3.05, 3.63) is 11.9 Å². The van der Waals surface area contributed by atoms with Crippen molar-refractivity contribution >= 4 is 17.6 Å². The summed E-state index contributed by atoms with van der Waals surface area (Å²) in [6.07, 6.45) is 1.07. The first-order valence-electron chi connectivity index (χ1n) is 6.24. The normalized spacial score (nSPS) is 11.6. The number of aromatic nitrogens is 2. The van der Waals surface area contributed by atoms with E-state index in [-0.39, 0.29) is 4.75 Å². The summed E-state index contributed by atoms with van der Waals surface area (Å²) in [5.41, 5.74) is 0. The van der Waals surface area contributed by atoms with Gasteiger partial charge in [-0.2, -0.15) is 0 Å². The van der Waals surface area contributed by atoms with Crippen molar-refractivity contribution < 1.29 is 4.74 Å². The second-order valence-corrected chi connectivity index (χ2v) is 6.93. The van der Waals surface area contributed by atoms with Gasteiger partial charge >= 0.3 is 0 Å². The number of rotatable bonds is 6. The standard InChI is InChI=1S/C13H23N3OS/c1-6-7-14-10-8-12(18-13(2,3)4)16-11(15-10)9-17-5/h8H,6-7,9H2,1-5H3,(H,14,15,16). The minimum absolute atomic E-state index is 0.140. The molecule has 0 amide bonds. The van der Waals surface area contributed by atoms with Crippen LogP contribution in [0.25, 0.3) is 0 Å². The topological polar surface area (TPSA) is 47.0 Å². The van der Waals surface area contributed by atoms with E-state index in [4.69, 9.17) is 4.74 Å². The first-order chi connectivity index (χ1) is 8.44. The van der Waals surface area contributed by atoms with Crippen LogP contribution in [0.3, 0.4) is 0 Å². The molecule has 0 unspecified atom stereocenters. The van der Waals surface area contributed by atoms with E-state index in [2.05, 4.69) is 43.0 Å². The summed E-state index contributed by atoms with van der Waals surface area (Å²) >= 11 is 1.74. The van der Waals surface area contributed by atoms with Crippen LogP contribution in [-0.2, 0) is 11.3 Å². The van der Waals surface area contributed by atoms with Gasteiger partial charge in [-0.15, -0.1) is 11.8 Å². The number of nitrogens with zero attached hydrogens (tertiary/aromatic N) is 2. The molecule has 0 spiro atoms. The molecular formula is C13H23N3OS. The number of thioether (sulfide) groups is 1. The van der Waals surface area contributed by atoms with E-state index in [1.54, 1.807) is 18.9 Å². The molecule has 0 aliphatic rings. The van der Waals surface area contributed by atoms with Gasteiger partial charge in [0.25, 0.3) is 0 Å². The largest absolute Gasteiger partial charge is 0.377 e. The molecular weight excluding hydrogens is 246 g/mol. The highest BCUT2D eigenvalue weighted by atomic mass is 32.2. The van der Waals surface area contributed by atoms with Gasteiger partial charge in [0.05, 0.1) is 0 Å². The van der Waals surface area contributed by atoms with E-state index >= 15 is 0 Å². The lowest BCUT2D eigenvalue weighted by atomic mass is 10.3. The van der Waals surface area contributed by atoms with Crippen molar-refractivity contribution in [1.29, 1.82) is 0 Å². The van der Waals surface area contributed by atoms with Crippen molar-refractivity contribution in [2.45, 2.75) is 50.5 Å². The molecule has 0 bridgehead atoms. The summed E-state index contributed by atoms with van der Waals surface area (Å²) < 4.78 is 5.25. The lowest BCUT2D eigenvalue weighted by Gasteiger charge is -2.17. The maximum atomic E-state index is 5.11. The lowest BCUT2D eigenvalue weighted by Crippen LogP contribution is -2.10. The molecule has 0 atom stereocenters. The van der Waals surface area contributed by atoms with Gasteiger partial charge in [-0.3, -0.25) is 0 Å². The van der Waals surface area contributed by atoms with E-state index in [9.17, 15) is 0 Å². The molecule has 1 rings (SSSR count). The molecule has 0 saturated carbocycles. The van der Waals surface area contributed by atoms with Crippen LogP contribution in [-0.4, -0.2) is 28.4 Å². The van der Waals surface area contributed by atoms with Crippen LogP contribution in [0.5, 0.6) is 0 Å². The highest BCUT2D eigenvalue weighted by molar-refractivity contribution is 8.00. The number of hydrogen-bond acceptors (Lipinski definition) is 5. The zero-order valence-corrected chi connectivity index (χ0v) is 12.7. The van der Waals surface area contributed by atoms with Crippen LogP contribution in [0.15, 0.2) is 11.1 Å². The van der Waals surface area contributed by atoms with Crippen LogP contribution in [0, 0.1) is 0 Å². The number of hydrogen-bond donors (Lipinski definition) is 1. The molecule has 5 heteroatoms. The van der Waals surface area contributed by atoms with Crippen LogP contribution < -0.4 is 5.32 Å². The van der Waals surface area contributed by atoms with E-state index < -0.39 is 0 Å². The fraction of sp³-hybridized carbons (Fsp3) is 0.692. The molecule has 1 N–H and O–H groups in total. The van der Waals surface area contributed by atoms with Crippen LogP contribution in [0.2, 0.25) is 0 Å². The fourth-order valence-electron chi connectivity index (χ4n) is 1.38. The van der Waals surface area contributed by atoms with Gasteiger partial charge in [-0.1, -0.05) is 27.7 Å². The smallest absolute Gasteiger partial charge is 0.157 e. The first-order valence-corrected chi connectivity index (χ1v) is 7.06. The molecule has 0 aliphatic heterocycles. The fourth-order valence-corrected chi connectivity index (χ4v) is 2.33. The van der Waals surface area contributed by atoms with Crippen LogP contribution >= 0.6 is 11.8 Å². The SMILES string of the molecule is CCCNc1cc(SC(C)(C)C)nc(COC)n1. The summed E-state index contributed by atoms with van der Waals surface area (Å²) in [5, 5.41) is 4.29. The maximum Gasteiger partial charge on any atom is 0.157 e. The first kappa shape index (κ1) is 15.2. The summed E-state index contributed by atoms with van der Waals surface area (Å²) in [6, 6.07) is 2.00. The molecule has 1 aromatic heterocycles. The molecule has 102 valence electrons. The van der Waals surface area contributed by atoms with Gasteiger partial charge in [-0.05, 0) is 6.42 Å². The monoisotopic (exact) mass is 269 g/mol. The number of nitrogens with one attached hydrogen (secondary N) is 1. The molecule has 18 heavy (non-hydrogen) atoms. The Labute approximate surface area is 114 Å². The molecule has 1 aromatic rings. The van der Waals surface area contributed by atoms with Gasteiger partial charge in [-0.25, -0.2) is 9.97 Å². The minimum atomic E-state index is 0.140. The van der Waals surface area contributed by atoms with Gasteiger partial charge in [0.1, 0.15) is 17.5 Å². The van der Waals surface area contributed by atoms with Crippen molar-refractivity contribution in [3.8, 4) is 0 Å². The summed E-state index contributed by atoms with van der Waals surface area (Å²) in [5.74, 6) is 1.61. The van der Waals surface area contributed by atoms with Gasteiger partial charge in [0.15, 0.2) is 5.82 Å². The Hall–Kier alpha value is -0.810. The molecule has 0 aromatic carbocycles. The summed E-state index contributed by atoms with van der Waals surface area (Å²) in [4.78, 5) is 8.93. The second-order valence-electron chi connectivity index (χ2n) is 5.08. The average molecular weight is 269 g/mol.